The summed E-state index contributed by atoms with van der Waals surface area (Å²) in [7, 11) is -27.4. The zero-order valence-corrected chi connectivity index (χ0v) is 51.2. The maximum Gasteiger partial charge on any atom is 0.210 e. The second-order valence-corrected chi connectivity index (χ2v) is 31.9. The Hall–Kier alpha value is -5.46. The third-order valence-corrected chi connectivity index (χ3v) is 24.4. The molecule has 8 aromatic carbocycles. The van der Waals surface area contributed by atoms with Crippen molar-refractivity contribution in [1.82, 2.24) is 0 Å². The molecule has 0 aliphatic carbocycles. The van der Waals surface area contributed by atoms with Crippen molar-refractivity contribution >= 4 is 123 Å². The highest BCUT2D eigenvalue weighted by Gasteiger charge is 2.32. The number of halogens is 4. The first-order chi connectivity index (χ1) is 37.1. The zero-order valence-electron chi connectivity index (χ0n) is 40.0. The van der Waals surface area contributed by atoms with Gasteiger partial charge in [-0.25, -0.2) is 50.5 Å². The number of aromatic hydroxyl groups is 2. The van der Waals surface area contributed by atoms with Gasteiger partial charge in [-0.2, -0.15) is 0 Å². The molecular weight excluding hydrogens is 1410 g/mol. The van der Waals surface area contributed by atoms with Crippen molar-refractivity contribution < 1.29 is 74.9 Å². The normalized spacial score (nSPS) is 12.5. The molecule has 8 rings (SSSR count). The van der Waals surface area contributed by atoms with Crippen LogP contribution in [0.15, 0.2) is 246 Å². The van der Waals surface area contributed by atoms with Crippen molar-refractivity contribution in [3.63, 3.8) is 0 Å². The predicted octanol–water partition coefficient (Wildman–Crippen LogP) is 10.6. The van der Waals surface area contributed by atoms with E-state index in [0.717, 1.165) is 72.8 Å². The van der Waals surface area contributed by atoms with E-state index in [0.29, 0.717) is 17.9 Å². The molecule has 0 aliphatic heterocycles. The summed E-state index contributed by atoms with van der Waals surface area (Å²) >= 11 is 13.0. The zero-order chi connectivity index (χ0) is 57.3. The van der Waals surface area contributed by atoms with Gasteiger partial charge in [0, 0.05) is 17.9 Å². The fourth-order valence-corrected chi connectivity index (χ4v) is 17.1. The van der Waals surface area contributed by atoms with Gasteiger partial charge in [0.05, 0.1) is 52.4 Å². The van der Waals surface area contributed by atoms with E-state index in [4.69, 9.17) is 14.2 Å². The first-order valence-electron chi connectivity index (χ1n) is 22.5. The van der Waals surface area contributed by atoms with Crippen LogP contribution in [0.3, 0.4) is 0 Å². The van der Waals surface area contributed by atoms with E-state index in [9.17, 15) is 60.7 Å². The summed E-state index contributed by atoms with van der Waals surface area (Å²) in [5, 5.41) is 21.2. The van der Waals surface area contributed by atoms with E-state index < -0.39 is 110 Å². The summed E-state index contributed by atoms with van der Waals surface area (Å²) in [5.74, 6) is -2.04. The predicted molar refractivity (Wildman–Crippen MR) is 300 cm³/mol. The Morgan fingerprint density at radius 2 is 0.506 bits per heavy atom. The molecule has 0 bridgehead atoms. The molecule has 79 heavy (non-hydrogen) atoms. The lowest BCUT2D eigenvalue weighted by molar-refractivity contribution is 0.0750. The second kappa shape index (κ2) is 23.6. The van der Waals surface area contributed by atoms with E-state index in [1.165, 1.54) is 97.1 Å². The van der Waals surface area contributed by atoms with Gasteiger partial charge >= 0.3 is 0 Å². The number of ether oxygens (including phenoxy) is 3. The number of phenolic OH excluding ortho intramolecular Hbond substituents is 2. The van der Waals surface area contributed by atoms with Crippen molar-refractivity contribution in [2.75, 3.05) is 26.4 Å². The molecule has 0 atom stereocenters. The Balaban J connectivity index is 1.02. The molecule has 17 nitrogen and oxygen atoms in total. The summed E-state index contributed by atoms with van der Waals surface area (Å²) in [6.07, 6.45) is 0. The fraction of sp³-hybridized carbons (Fsp3) is 0.0769. The van der Waals surface area contributed by atoms with Crippen LogP contribution < -0.4 is 9.47 Å². The molecule has 27 heteroatoms. The second-order valence-electron chi connectivity index (χ2n) is 16.6. The minimum Gasteiger partial charge on any atom is -0.507 e. The van der Waals surface area contributed by atoms with Crippen LogP contribution in [0.25, 0.3) is 0 Å². The third-order valence-electron chi connectivity index (χ3n) is 11.6. The van der Waals surface area contributed by atoms with Crippen molar-refractivity contribution in [2.45, 2.75) is 58.7 Å². The molecule has 0 spiro atoms. The summed E-state index contributed by atoms with van der Waals surface area (Å²) in [6, 6.07) is 33.1. The number of sulfone groups is 6. The van der Waals surface area contributed by atoms with Gasteiger partial charge in [-0.3, -0.25) is 0 Å². The third kappa shape index (κ3) is 12.7. The van der Waals surface area contributed by atoms with Crippen LogP contribution in [0, 0.1) is 0 Å². The molecule has 0 saturated heterocycles. The Labute approximate surface area is 488 Å². The van der Waals surface area contributed by atoms with Crippen molar-refractivity contribution in [3.05, 3.63) is 188 Å². The van der Waals surface area contributed by atoms with Crippen LogP contribution in [0.5, 0.6) is 23.0 Å². The lowest BCUT2D eigenvalue weighted by Crippen LogP contribution is -2.15. The average molecular weight is 1450 g/mol. The maximum absolute atomic E-state index is 14.2. The first-order valence-corrected chi connectivity index (χ1v) is 34.5. The lowest BCUT2D eigenvalue weighted by Gasteiger charge is -2.16. The topological polar surface area (TPSA) is 273 Å². The highest BCUT2D eigenvalue weighted by molar-refractivity contribution is 9.11. The van der Waals surface area contributed by atoms with E-state index in [1.54, 1.807) is 0 Å². The minimum atomic E-state index is -4.69. The smallest absolute Gasteiger partial charge is 0.210 e. The van der Waals surface area contributed by atoms with E-state index in [2.05, 4.69) is 63.7 Å². The van der Waals surface area contributed by atoms with Crippen LogP contribution in [-0.2, 0) is 63.8 Å². The molecule has 0 amide bonds. The van der Waals surface area contributed by atoms with Crippen molar-refractivity contribution in [2.24, 2.45) is 0 Å². The molecular formula is C52H38Br4O17S6. The average Bonchev–Trinajstić information content (AvgIpc) is 3.45. The Bertz CT molecular complexity index is 4080. The van der Waals surface area contributed by atoms with Gasteiger partial charge in [-0.1, -0.05) is 63.7 Å². The van der Waals surface area contributed by atoms with E-state index in [-0.39, 0.29) is 57.5 Å². The monoisotopic (exact) mass is 1440 g/mol. The molecule has 0 unspecified atom stereocenters. The van der Waals surface area contributed by atoms with Crippen molar-refractivity contribution in [1.29, 1.82) is 0 Å². The molecule has 0 aromatic heterocycles. The van der Waals surface area contributed by atoms with Gasteiger partial charge in [-0.15, -0.1) is 0 Å². The number of benzene rings is 8. The van der Waals surface area contributed by atoms with Crippen LogP contribution >= 0.6 is 63.7 Å². The van der Waals surface area contributed by atoms with Crippen molar-refractivity contribution in [3.8, 4) is 23.0 Å². The van der Waals surface area contributed by atoms with Crippen LogP contribution in [-0.4, -0.2) is 87.1 Å². The number of rotatable bonds is 20. The first kappa shape index (κ1) is 59.7. The summed E-state index contributed by atoms with van der Waals surface area (Å²) in [4.78, 5) is -5.81. The van der Waals surface area contributed by atoms with Gasteiger partial charge < -0.3 is 24.4 Å². The minimum absolute atomic E-state index is 0.235. The Kier molecular flexibility index (Phi) is 17.8. The molecule has 0 heterocycles. The summed E-state index contributed by atoms with van der Waals surface area (Å²) < 4.78 is 187. The quantitative estimate of drug-likeness (QED) is 0.0671. The lowest BCUT2D eigenvalue weighted by atomic mass is 10.3. The molecule has 2 N–H and O–H groups in total. The standard InChI is InChI=1S/C52H38Br4O17S6/c53-33-1-9-37(10-2-33)76(63,64)49-29-41(17-21-45(49)57)74(59,60)43-19-23-47(51(31-43)78(67,68)39-13-5-35(55)6-14-39)72-27-25-71-26-28-73-48-24-20-44(32-52(48)79(69,70)40-15-7-36(56)8-16-40)75(61,62)42-18-22-46(58)50(30-42)77(65,66)38-11-3-34(54)4-12-38/h1-24,29-32,57-58H,25-28H2. The van der Waals surface area contributed by atoms with Crippen LogP contribution in [0.2, 0.25) is 0 Å². The number of hydrogen-bond donors (Lipinski definition) is 2. The van der Waals surface area contributed by atoms with Gasteiger partial charge in [0.25, 0.3) is 0 Å². The summed E-state index contributed by atoms with van der Waals surface area (Å²) in [6.45, 7) is -1.14. The highest BCUT2D eigenvalue weighted by atomic mass is 79.9. The molecule has 0 saturated carbocycles. The van der Waals surface area contributed by atoms with Gasteiger partial charge in [0.15, 0.2) is 0 Å². The summed E-state index contributed by atoms with van der Waals surface area (Å²) in [5.41, 5.74) is 0. The van der Waals surface area contributed by atoms with E-state index >= 15 is 0 Å². The molecule has 412 valence electrons. The Morgan fingerprint density at radius 1 is 0.278 bits per heavy atom. The Morgan fingerprint density at radius 3 is 0.785 bits per heavy atom. The SMILES string of the molecule is O=S(=O)(c1ccc(O)c(S(=O)(=O)c2ccc(Br)cc2)c1)c1ccc(OCCOCCOc2ccc(S(=O)(=O)c3ccc(O)c(S(=O)(=O)c4ccc(Br)cc4)c3)cc2S(=O)(=O)c2ccc(Br)cc2)c(S(=O)(=O)c2ccc(Br)cc2)c1. The van der Waals surface area contributed by atoms with Gasteiger partial charge in [-0.05, 0) is 170 Å². The molecule has 0 aliphatic rings. The maximum atomic E-state index is 14.2. The van der Waals surface area contributed by atoms with Crippen LogP contribution in [0.4, 0.5) is 0 Å². The highest BCUT2D eigenvalue weighted by Crippen LogP contribution is 2.39. The van der Waals surface area contributed by atoms with Gasteiger partial charge in [0.2, 0.25) is 59.0 Å². The number of phenols is 2. The van der Waals surface area contributed by atoms with Crippen LogP contribution in [0.1, 0.15) is 0 Å². The van der Waals surface area contributed by atoms with E-state index in [1.807, 2.05) is 0 Å². The van der Waals surface area contributed by atoms with Gasteiger partial charge in [0.1, 0.15) is 55.8 Å². The molecule has 0 radical (unpaired) electrons. The molecule has 8 aromatic rings. The number of hydrogen-bond acceptors (Lipinski definition) is 17. The largest absolute Gasteiger partial charge is 0.507 e. The molecule has 0 fully saturated rings. The fourth-order valence-electron chi connectivity index (χ4n) is 7.48.